The maximum absolute atomic E-state index is 12.3. The van der Waals surface area contributed by atoms with Crippen molar-refractivity contribution >= 4 is 16.9 Å². The number of furan rings is 1. The zero-order valence-electron chi connectivity index (χ0n) is 15.5. The first kappa shape index (κ1) is 17.9. The van der Waals surface area contributed by atoms with Gasteiger partial charge in [0.25, 0.3) is 5.91 Å². The molecule has 6 heteroatoms. The van der Waals surface area contributed by atoms with Crippen LogP contribution in [0, 0.1) is 0 Å². The number of benzene rings is 2. The number of fused-ring (bicyclic) bond motifs is 1. The molecule has 0 aliphatic heterocycles. The summed E-state index contributed by atoms with van der Waals surface area (Å²) in [5, 5.41) is 2.95. The van der Waals surface area contributed by atoms with Gasteiger partial charge in [-0.1, -0.05) is 30.3 Å². The fourth-order valence-corrected chi connectivity index (χ4v) is 3.17. The third-order valence-electron chi connectivity index (χ3n) is 4.49. The lowest BCUT2D eigenvalue weighted by Crippen LogP contribution is -2.28. The van der Waals surface area contributed by atoms with Crippen LogP contribution in [0.4, 0.5) is 0 Å². The minimum atomic E-state index is -0.290. The Labute approximate surface area is 162 Å². The van der Waals surface area contributed by atoms with Crippen LogP contribution in [0.1, 0.15) is 29.3 Å². The molecule has 2 aromatic carbocycles. The maximum atomic E-state index is 12.3. The predicted molar refractivity (Wildman–Crippen MR) is 106 cm³/mol. The van der Waals surface area contributed by atoms with Crippen LogP contribution in [0.15, 0.2) is 77.4 Å². The molecule has 1 N–H and O–H groups in total. The number of aromatic nitrogens is 2. The first-order valence-electron chi connectivity index (χ1n) is 9.20. The SMILES string of the molecule is CC(NC(=O)c1ccco1)c1nc2ccccc2n1CCOc1ccccc1. The first-order chi connectivity index (χ1) is 13.7. The summed E-state index contributed by atoms with van der Waals surface area (Å²) in [6.07, 6.45) is 1.48. The highest BCUT2D eigenvalue weighted by atomic mass is 16.5. The Bertz CT molecular complexity index is 1060. The van der Waals surface area contributed by atoms with Crippen LogP contribution in [0.5, 0.6) is 5.75 Å². The highest BCUT2D eigenvalue weighted by Gasteiger charge is 2.20. The second kappa shape index (κ2) is 8.00. The van der Waals surface area contributed by atoms with Gasteiger partial charge >= 0.3 is 0 Å². The molecule has 0 bridgehead atoms. The van der Waals surface area contributed by atoms with Gasteiger partial charge in [-0.2, -0.15) is 0 Å². The van der Waals surface area contributed by atoms with E-state index < -0.39 is 0 Å². The van der Waals surface area contributed by atoms with E-state index in [1.54, 1.807) is 12.1 Å². The van der Waals surface area contributed by atoms with Gasteiger partial charge in [-0.15, -0.1) is 0 Å². The van der Waals surface area contributed by atoms with Crippen molar-refractivity contribution in [2.75, 3.05) is 6.61 Å². The van der Waals surface area contributed by atoms with E-state index >= 15 is 0 Å². The molecular weight excluding hydrogens is 354 g/mol. The summed E-state index contributed by atoms with van der Waals surface area (Å²) in [4.78, 5) is 17.1. The Balaban J connectivity index is 1.55. The molecule has 2 aromatic heterocycles. The third kappa shape index (κ3) is 3.76. The van der Waals surface area contributed by atoms with Crippen LogP contribution in [0.2, 0.25) is 0 Å². The number of imidazole rings is 1. The second-order valence-corrected chi connectivity index (χ2v) is 6.44. The molecule has 0 saturated carbocycles. The topological polar surface area (TPSA) is 69.3 Å². The van der Waals surface area contributed by atoms with Gasteiger partial charge in [-0.25, -0.2) is 4.98 Å². The number of nitrogens with zero attached hydrogens (tertiary/aromatic N) is 2. The maximum Gasteiger partial charge on any atom is 0.287 e. The first-order valence-corrected chi connectivity index (χ1v) is 9.20. The number of carbonyl (C=O) groups excluding carboxylic acids is 1. The molecule has 4 aromatic rings. The van der Waals surface area contributed by atoms with Crippen LogP contribution in [0.3, 0.4) is 0 Å². The van der Waals surface area contributed by atoms with E-state index in [-0.39, 0.29) is 17.7 Å². The van der Waals surface area contributed by atoms with E-state index in [1.807, 2.05) is 61.5 Å². The monoisotopic (exact) mass is 375 g/mol. The van der Waals surface area contributed by atoms with E-state index in [0.29, 0.717) is 13.2 Å². The van der Waals surface area contributed by atoms with Gasteiger partial charge in [0.2, 0.25) is 0 Å². The van der Waals surface area contributed by atoms with Gasteiger partial charge in [0.15, 0.2) is 5.76 Å². The number of amides is 1. The van der Waals surface area contributed by atoms with Crippen molar-refractivity contribution in [3.63, 3.8) is 0 Å². The van der Waals surface area contributed by atoms with Crippen LogP contribution in [-0.2, 0) is 6.54 Å². The molecular formula is C22H21N3O3. The summed E-state index contributed by atoms with van der Waals surface area (Å²) in [5.74, 6) is 1.61. The van der Waals surface area contributed by atoms with Gasteiger partial charge in [0, 0.05) is 0 Å². The van der Waals surface area contributed by atoms with Crippen LogP contribution < -0.4 is 10.1 Å². The van der Waals surface area contributed by atoms with Gasteiger partial charge in [0.1, 0.15) is 18.2 Å². The standard InChI is InChI=1S/C22H21N3O3/c1-16(23-22(26)20-12-7-14-28-20)21-24-18-10-5-6-11-19(18)25(21)13-15-27-17-8-3-2-4-9-17/h2-12,14,16H,13,15H2,1H3,(H,23,26). The third-order valence-corrected chi connectivity index (χ3v) is 4.49. The molecule has 142 valence electrons. The smallest absolute Gasteiger partial charge is 0.287 e. The van der Waals surface area contributed by atoms with Crippen molar-refractivity contribution < 1.29 is 13.9 Å². The number of hydrogen-bond acceptors (Lipinski definition) is 4. The Morgan fingerprint density at radius 2 is 1.89 bits per heavy atom. The lowest BCUT2D eigenvalue weighted by Gasteiger charge is -2.16. The molecule has 1 unspecified atom stereocenters. The molecule has 28 heavy (non-hydrogen) atoms. The average molecular weight is 375 g/mol. The van der Waals surface area contributed by atoms with E-state index in [4.69, 9.17) is 14.1 Å². The van der Waals surface area contributed by atoms with Crippen molar-refractivity contribution in [2.45, 2.75) is 19.5 Å². The van der Waals surface area contributed by atoms with E-state index in [0.717, 1.165) is 22.6 Å². The summed E-state index contributed by atoms with van der Waals surface area (Å²) in [5.41, 5.74) is 1.89. The number of nitrogens with one attached hydrogen (secondary N) is 1. The molecule has 0 fully saturated rings. The average Bonchev–Trinajstić information content (AvgIpc) is 3.37. The van der Waals surface area contributed by atoms with Crippen molar-refractivity contribution in [1.29, 1.82) is 0 Å². The van der Waals surface area contributed by atoms with Crippen molar-refractivity contribution in [2.24, 2.45) is 0 Å². The normalized spacial score (nSPS) is 12.0. The highest BCUT2D eigenvalue weighted by Crippen LogP contribution is 2.21. The zero-order valence-corrected chi connectivity index (χ0v) is 15.5. The Morgan fingerprint density at radius 1 is 1.11 bits per heavy atom. The molecule has 0 radical (unpaired) electrons. The fourth-order valence-electron chi connectivity index (χ4n) is 3.17. The van der Waals surface area contributed by atoms with Gasteiger partial charge in [-0.3, -0.25) is 4.79 Å². The summed E-state index contributed by atoms with van der Waals surface area (Å²) in [7, 11) is 0. The zero-order chi connectivity index (χ0) is 19.3. The van der Waals surface area contributed by atoms with Crippen LogP contribution >= 0.6 is 0 Å². The minimum Gasteiger partial charge on any atom is -0.492 e. The Hall–Kier alpha value is -3.54. The van der Waals surface area contributed by atoms with Gasteiger partial charge in [-0.05, 0) is 43.3 Å². The van der Waals surface area contributed by atoms with Crippen molar-refractivity contribution in [3.05, 3.63) is 84.6 Å². The number of carbonyl (C=O) groups is 1. The van der Waals surface area contributed by atoms with Gasteiger partial charge < -0.3 is 19.0 Å². The molecule has 0 saturated heterocycles. The number of ether oxygens (including phenoxy) is 1. The molecule has 0 spiro atoms. The summed E-state index contributed by atoms with van der Waals surface area (Å²) in [6, 6.07) is 20.7. The number of para-hydroxylation sites is 3. The van der Waals surface area contributed by atoms with E-state index in [9.17, 15) is 4.79 Å². The van der Waals surface area contributed by atoms with Crippen molar-refractivity contribution in [1.82, 2.24) is 14.9 Å². The summed E-state index contributed by atoms with van der Waals surface area (Å²) >= 11 is 0. The summed E-state index contributed by atoms with van der Waals surface area (Å²) in [6.45, 7) is 3.03. The lowest BCUT2D eigenvalue weighted by atomic mass is 10.3. The fraction of sp³-hybridized carbons (Fsp3) is 0.182. The van der Waals surface area contributed by atoms with E-state index in [1.165, 1.54) is 6.26 Å². The van der Waals surface area contributed by atoms with Gasteiger partial charge in [0.05, 0.1) is 29.9 Å². The molecule has 6 nitrogen and oxygen atoms in total. The van der Waals surface area contributed by atoms with E-state index in [2.05, 4.69) is 9.88 Å². The molecule has 1 atom stereocenters. The van der Waals surface area contributed by atoms with Crippen LogP contribution in [-0.4, -0.2) is 22.1 Å². The largest absolute Gasteiger partial charge is 0.492 e. The lowest BCUT2D eigenvalue weighted by molar-refractivity contribution is 0.0909. The van der Waals surface area contributed by atoms with Crippen LogP contribution in [0.25, 0.3) is 11.0 Å². The molecule has 0 aliphatic carbocycles. The predicted octanol–water partition coefficient (Wildman–Crippen LogP) is 4.20. The minimum absolute atomic E-state index is 0.267. The molecule has 1 amide bonds. The van der Waals surface area contributed by atoms with Crippen molar-refractivity contribution in [3.8, 4) is 5.75 Å². The number of rotatable bonds is 7. The Kier molecular flexibility index (Phi) is 5.10. The highest BCUT2D eigenvalue weighted by molar-refractivity contribution is 5.91. The Morgan fingerprint density at radius 3 is 2.68 bits per heavy atom. The molecule has 0 aliphatic rings. The second-order valence-electron chi connectivity index (χ2n) is 6.44. The quantitative estimate of drug-likeness (QED) is 0.526. The molecule has 4 rings (SSSR count). The summed E-state index contributed by atoms with van der Waals surface area (Å²) < 4.78 is 13.1. The molecule has 2 heterocycles. The number of hydrogen-bond donors (Lipinski definition) is 1.